The summed E-state index contributed by atoms with van der Waals surface area (Å²) in [6.45, 7) is 3.02. The molecule has 0 spiro atoms. The Morgan fingerprint density at radius 3 is 2.70 bits per heavy atom. The van der Waals surface area contributed by atoms with Crippen molar-refractivity contribution in [1.82, 2.24) is 9.47 Å². The summed E-state index contributed by atoms with van der Waals surface area (Å²) in [6, 6.07) is 9.70. The van der Waals surface area contributed by atoms with E-state index in [2.05, 4.69) is 11.9 Å². The Hall–Kier alpha value is -1.81. The minimum Gasteiger partial charge on any atom is -0.477 e. The number of nitrogens with zero attached hydrogens (tertiary/aromatic N) is 2. The lowest BCUT2D eigenvalue weighted by atomic mass is 9.97. The molecule has 1 fully saturated rings. The lowest BCUT2D eigenvalue weighted by Crippen LogP contribution is -2.32. The van der Waals surface area contributed by atoms with Crippen LogP contribution < -0.4 is 0 Å². The maximum Gasteiger partial charge on any atom is 0.352 e. The summed E-state index contributed by atoms with van der Waals surface area (Å²) in [6.07, 6.45) is 2.28. The van der Waals surface area contributed by atoms with Crippen molar-refractivity contribution in [3.63, 3.8) is 0 Å². The summed E-state index contributed by atoms with van der Waals surface area (Å²) < 4.78 is 1.98. The summed E-state index contributed by atoms with van der Waals surface area (Å²) >= 11 is 0. The van der Waals surface area contributed by atoms with E-state index in [-0.39, 0.29) is 0 Å². The van der Waals surface area contributed by atoms with Crippen LogP contribution in [0.1, 0.15) is 23.3 Å². The number of likely N-dealkylation sites (tertiary alicyclic amines) is 1. The molecule has 4 nitrogen and oxygen atoms in total. The summed E-state index contributed by atoms with van der Waals surface area (Å²) in [5.41, 5.74) is 1.44. The second-order valence-corrected chi connectivity index (χ2v) is 5.75. The smallest absolute Gasteiger partial charge is 0.352 e. The van der Waals surface area contributed by atoms with Gasteiger partial charge < -0.3 is 14.6 Å². The Labute approximate surface area is 118 Å². The van der Waals surface area contributed by atoms with Gasteiger partial charge in [0, 0.05) is 17.4 Å². The summed E-state index contributed by atoms with van der Waals surface area (Å²) in [5, 5.41) is 10.4. The minimum atomic E-state index is -0.839. The minimum absolute atomic E-state index is 0.408. The van der Waals surface area contributed by atoms with Crippen molar-refractivity contribution >= 4 is 16.9 Å². The van der Waals surface area contributed by atoms with Gasteiger partial charge in [0.05, 0.1) is 0 Å². The number of carboxylic acid groups (broad SMARTS) is 1. The van der Waals surface area contributed by atoms with Crippen molar-refractivity contribution < 1.29 is 9.90 Å². The van der Waals surface area contributed by atoms with Crippen LogP contribution in [0.5, 0.6) is 0 Å². The molecule has 3 rings (SSSR count). The van der Waals surface area contributed by atoms with Gasteiger partial charge in [-0.05, 0) is 51.0 Å². The van der Waals surface area contributed by atoms with Crippen molar-refractivity contribution in [2.45, 2.75) is 19.4 Å². The number of para-hydroxylation sites is 1. The van der Waals surface area contributed by atoms with Gasteiger partial charge in [0.1, 0.15) is 5.69 Å². The van der Waals surface area contributed by atoms with E-state index in [0.717, 1.165) is 43.4 Å². The van der Waals surface area contributed by atoms with E-state index in [1.165, 1.54) is 0 Å². The number of aromatic nitrogens is 1. The molecule has 0 aliphatic carbocycles. The van der Waals surface area contributed by atoms with E-state index in [9.17, 15) is 9.90 Å². The fourth-order valence-electron chi connectivity index (χ4n) is 3.09. The molecule has 1 aliphatic heterocycles. The molecule has 0 radical (unpaired) electrons. The first-order valence-corrected chi connectivity index (χ1v) is 7.15. The van der Waals surface area contributed by atoms with Crippen molar-refractivity contribution in [2.75, 3.05) is 20.1 Å². The maximum atomic E-state index is 11.5. The number of rotatable bonds is 3. The zero-order valence-corrected chi connectivity index (χ0v) is 11.7. The molecule has 0 unspecified atom stereocenters. The normalized spacial score (nSPS) is 17.6. The first-order valence-electron chi connectivity index (χ1n) is 7.15. The van der Waals surface area contributed by atoms with Gasteiger partial charge in [-0.25, -0.2) is 4.79 Å². The lowest BCUT2D eigenvalue weighted by Gasteiger charge is -2.29. The van der Waals surface area contributed by atoms with E-state index in [4.69, 9.17) is 0 Å². The van der Waals surface area contributed by atoms with Gasteiger partial charge in [0.25, 0.3) is 0 Å². The third kappa shape index (κ3) is 2.43. The lowest BCUT2D eigenvalue weighted by molar-refractivity contribution is 0.0683. The third-order valence-corrected chi connectivity index (χ3v) is 4.31. The zero-order valence-electron chi connectivity index (χ0n) is 11.7. The first kappa shape index (κ1) is 13.2. The molecule has 0 amide bonds. The van der Waals surface area contributed by atoms with Gasteiger partial charge in [-0.15, -0.1) is 0 Å². The highest BCUT2D eigenvalue weighted by Gasteiger charge is 2.21. The van der Waals surface area contributed by atoms with E-state index < -0.39 is 5.97 Å². The average molecular weight is 272 g/mol. The van der Waals surface area contributed by atoms with Crippen LogP contribution in [0.25, 0.3) is 10.9 Å². The fourth-order valence-corrected chi connectivity index (χ4v) is 3.09. The van der Waals surface area contributed by atoms with Crippen molar-refractivity contribution in [3.05, 3.63) is 36.0 Å². The molecule has 106 valence electrons. The van der Waals surface area contributed by atoms with Gasteiger partial charge in [-0.2, -0.15) is 0 Å². The Bertz CT molecular complexity index is 624. The molecule has 2 heterocycles. The van der Waals surface area contributed by atoms with Gasteiger partial charge in [-0.3, -0.25) is 0 Å². The molecule has 1 aromatic carbocycles. The van der Waals surface area contributed by atoms with Crippen molar-refractivity contribution in [1.29, 1.82) is 0 Å². The molecule has 1 N–H and O–H groups in total. The van der Waals surface area contributed by atoms with Gasteiger partial charge in [0.15, 0.2) is 0 Å². The van der Waals surface area contributed by atoms with Crippen LogP contribution >= 0.6 is 0 Å². The number of fused-ring (bicyclic) bond motifs is 1. The van der Waals surface area contributed by atoms with Gasteiger partial charge in [-0.1, -0.05) is 18.2 Å². The molecule has 1 aromatic heterocycles. The van der Waals surface area contributed by atoms with Gasteiger partial charge in [0.2, 0.25) is 0 Å². The Morgan fingerprint density at radius 2 is 2.00 bits per heavy atom. The second kappa shape index (κ2) is 5.29. The first-order chi connectivity index (χ1) is 9.65. The van der Waals surface area contributed by atoms with Crippen LogP contribution in [0, 0.1) is 5.92 Å². The molecular formula is C16H20N2O2. The largest absolute Gasteiger partial charge is 0.477 e. The summed E-state index contributed by atoms with van der Waals surface area (Å²) in [4.78, 5) is 13.8. The Kier molecular flexibility index (Phi) is 3.49. The third-order valence-electron chi connectivity index (χ3n) is 4.31. The predicted molar refractivity (Wildman–Crippen MR) is 79.1 cm³/mol. The topological polar surface area (TPSA) is 45.5 Å². The molecule has 0 bridgehead atoms. The highest BCUT2D eigenvalue weighted by molar-refractivity contribution is 5.94. The molecule has 0 atom stereocenters. The summed E-state index contributed by atoms with van der Waals surface area (Å²) in [7, 11) is 2.14. The van der Waals surface area contributed by atoms with Crippen LogP contribution in [0.15, 0.2) is 30.3 Å². The fraction of sp³-hybridized carbons (Fsp3) is 0.438. The van der Waals surface area contributed by atoms with Gasteiger partial charge >= 0.3 is 5.97 Å². The molecule has 4 heteroatoms. The van der Waals surface area contributed by atoms with Crippen molar-refractivity contribution in [3.8, 4) is 0 Å². The van der Waals surface area contributed by atoms with Crippen LogP contribution in [0.3, 0.4) is 0 Å². The van der Waals surface area contributed by atoms with Crippen LogP contribution in [-0.4, -0.2) is 40.7 Å². The molecule has 1 aliphatic rings. The SMILES string of the molecule is CN1CCC(Cn2c(C(=O)O)cc3ccccc32)CC1. The molecule has 2 aromatic rings. The maximum absolute atomic E-state index is 11.5. The zero-order chi connectivity index (χ0) is 14.1. The van der Waals surface area contributed by atoms with E-state index in [1.807, 2.05) is 28.8 Å². The number of carboxylic acids is 1. The molecular weight excluding hydrogens is 252 g/mol. The number of piperidine rings is 1. The summed E-state index contributed by atoms with van der Waals surface area (Å²) in [5.74, 6) is -0.269. The highest BCUT2D eigenvalue weighted by atomic mass is 16.4. The number of carbonyl (C=O) groups is 1. The molecule has 20 heavy (non-hydrogen) atoms. The average Bonchev–Trinajstić information content (AvgIpc) is 2.81. The highest BCUT2D eigenvalue weighted by Crippen LogP contribution is 2.25. The molecule has 0 saturated carbocycles. The Balaban J connectivity index is 1.93. The molecule has 1 saturated heterocycles. The quantitative estimate of drug-likeness (QED) is 0.934. The van der Waals surface area contributed by atoms with E-state index in [0.29, 0.717) is 11.6 Å². The van der Waals surface area contributed by atoms with Crippen LogP contribution in [0.4, 0.5) is 0 Å². The number of hydrogen-bond donors (Lipinski definition) is 1. The van der Waals surface area contributed by atoms with Crippen LogP contribution in [-0.2, 0) is 6.54 Å². The number of aromatic carboxylic acids is 1. The number of benzene rings is 1. The van der Waals surface area contributed by atoms with Crippen LogP contribution in [0.2, 0.25) is 0 Å². The van der Waals surface area contributed by atoms with E-state index >= 15 is 0 Å². The Morgan fingerprint density at radius 1 is 1.30 bits per heavy atom. The standard InChI is InChI=1S/C16H20N2O2/c1-17-8-6-12(7-9-17)11-18-14-5-3-2-4-13(14)10-15(18)16(19)20/h2-5,10,12H,6-9,11H2,1H3,(H,19,20). The van der Waals surface area contributed by atoms with E-state index in [1.54, 1.807) is 6.07 Å². The predicted octanol–water partition coefficient (Wildman–Crippen LogP) is 2.68. The van der Waals surface area contributed by atoms with Crippen molar-refractivity contribution in [2.24, 2.45) is 5.92 Å². The monoisotopic (exact) mass is 272 g/mol. The second-order valence-electron chi connectivity index (χ2n) is 5.75. The number of hydrogen-bond acceptors (Lipinski definition) is 2.